The van der Waals surface area contributed by atoms with Crippen LogP contribution in [0.5, 0.6) is 5.75 Å². The number of benzene rings is 1. The van der Waals surface area contributed by atoms with Crippen molar-refractivity contribution < 1.29 is 4.74 Å². The average molecular weight is 292 g/mol. The van der Waals surface area contributed by atoms with E-state index in [1.165, 1.54) is 9.77 Å². The molecule has 0 radical (unpaired) electrons. The second-order valence-corrected chi connectivity index (χ2v) is 6.52. The molecular formula is C14H16N2OS2. The summed E-state index contributed by atoms with van der Waals surface area (Å²) in [7, 11) is 0. The molecule has 0 saturated carbocycles. The van der Waals surface area contributed by atoms with Gasteiger partial charge in [-0.15, -0.1) is 23.1 Å². The fourth-order valence-corrected chi connectivity index (χ4v) is 3.95. The molecule has 0 saturated heterocycles. The lowest BCUT2D eigenvalue weighted by molar-refractivity contribution is 0.220. The molecule has 0 aliphatic carbocycles. The number of nitrogens with zero attached hydrogens (tertiary/aromatic N) is 1. The topological polar surface area (TPSA) is 34.2 Å². The van der Waals surface area contributed by atoms with E-state index in [1.807, 2.05) is 36.2 Å². The monoisotopic (exact) mass is 292 g/mol. The highest BCUT2D eigenvalue weighted by molar-refractivity contribution is 7.99. The summed E-state index contributed by atoms with van der Waals surface area (Å²) in [6.45, 7) is 3.99. The lowest BCUT2D eigenvalue weighted by Crippen LogP contribution is -2.14. The Morgan fingerprint density at radius 2 is 2.32 bits per heavy atom. The highest BCUT2D eigenvalue weighted by atomic mass is 32.2. The van der Waals surface area contributed by atoms with Crippen molar-refractivity contribution in [3.05, 3.63) is 40.3 Å². The van der Waals surface area contributed by atoms with Crippen LogP contribution in [0, 0.1) is 0 Å². The molecule has 0 amide bonds. The summed E-state index contributed by atoms with van der Waals surface area (Å²) < 4.78 is 6.04. The van der Waals surface area contributed by atoms with Crippen molar-refractivity contribution in [2.75, 3.05) is 12.3 Å². The van der Waals surface area contributed by atoms with E-state index < -0.39 is 0 Å². The number of para-hydroxylation sites is 1. The third-order valence-electron chi connectivity index (χ3n) is 2.90. The zero-order chi connectivity index (χ0) is 13.1. The van der Waals surface area contributed by atoms with Gasteiger partial charge in [-0.25, -0.2) is 4.98 Å². The highest BCUT2D eigenvalue weighted by Crippen LogP contribution is 2.40. The van der Waals surface area contributed by atoms with E-state index in [9.17, 15) is 0 Å². The first-order chi connectivity index (χ1) is 9.36. The van der Waals surface area contributed by atoms with Crippen molar-refractivity contribution in [3.63, 3.8) is 0 Å². The summed E-state index contributed by atoms with van der Waals surface area (Å²) in [5.41, 5.74) is 0. The molecule has 2 heterocycles. The van der Waals surface area contributed by atoms with Crippen LogP contribution in [-0.2, 0) is 6.54 Å². The Balaban J connectivity index is 1.72. The van der Waals surface area contributed by atoms with E-state index in [0.29, 0.717) is 0 Å². The van der Waals surface area contributed by atoms with Crippen LogP contribution < -0.4 is 10.1 Å². The molecule has 1 aliphatic rings. The molecule has 5 heteroatoms. The number of aromatic nitrogens is 1. The van der Waals surface area contributed by atoms with Crippen molar-refractivity contribution in [2.24, 2.45) is 0 Å². The Morgan fingerprint density at radius 3 is 3.21 bits per heavy atom. The zero-order valence-corrected chi connectivity index (χ0v) is 12.4. The second kappa shape index (κ2) is 5.94. The number of hydrogen-bond donors (Lipinski definition) is 1. The quantitative estimate of drug-likeness (QED) is 0.935. The molecule has 0 bridgehead atoms. The van der Waals surface area contributed by atoms with E-state index in [0.717, 1.165) is 29.6 Å². The lowest BCUT2D eigenvalue weighted by atomic mass is 10.3. The van der Waals surface area contributed by atoms with Crippen molar-refractivity contribution >= 4 is 23.1 Å². The summed E-state index contributed by atoms with van der Waals surface area (Å²) in [6.07, 6.45) is 2.04. The number of nitrogens with one attached hydrogen (secondary N) is 1. The van der Waals surface area contributed by atoms with Crippen LogP contribution in [-0.4, -0.2) is 17.3 Å². The van der Waals surface area contributed by atoms with Crippen LogP contribution in [0.1, 0.15) is 22.9 Å². The van der Waals surface area contributed by atoms with Crippen LogP contribution >= 0.6 is 23.1 Å². The number of ether oxygens (including phenoxy) is 1. The molecule has 1 aromatic heterocycles. The smallest absolute Gasteiger partial charge is 0.159 e. The first-order valence-corrected chi connectivity index (χ1v) is 8.21. The van der Waals surface area contributed by atoms with Crippen molar-refractivity contribution in [1.82, 2.24) is 10.3 Å². The van der Waals surface area contributed by atoms with Gasteiger partial charge in [0.05, 0.1) is 0 Å². The van der Waals surface area contributed by atoms with E-state index in [1.54, 1.807) is 11.3 Å². The fourth-order valence-electron chi connectivity index (χ4n) is 1.94. The molecule has 0 spiro atoms. The van der Waals surface area contributed by atoms with Crippen LogP contribution in [0.15, 0.2) is 35.4 Å². The minimum atomic E-state index is 0.0836. The minimum Gasteiger partial charge on any atom is -0.481 e. The number of hydrogen-bond acceptors (Lipinski definition) is 5. The standard InChI is InChI=1S/C14H16N2OS2/c1-2-15-7-10-8-16-14(19-10)12-9-18-13-6-4-3-5-11(13)17-12/h3-6,8,12,15H,2,7,9H2,1H3. The SMILES string of the molecule is CCNCc1cnc(C2CSc3ccccc3O2)s1. The minimum absolute atomic E-state index is 0.0836. The molecule has 1 atom stereocenters. The van der Waals surface area contributed by atoms with Gasteiger partial charge in [0.1, 0.15) is 10.8 Å². The third-order valence-corrected chi connectivity index (χ3v) is 5.11. The molecule has 1 N–H and O–H groups in total. The van der Waals surface area contributed by atoms with Gasteiger partial charge in [0.25, 0.3) is 0 Å². The molecule has 2 aromatic rings. The van der Waals surface area contributed by atoms with Gasteiger partial charge in [-0.2, -0.15) is 0 Å². The van der Waals surface area contributed by atoms with Gasteiger partial charge >= 0.3 is 0 Å². The normalized spacial score (nSPS) is 17.8. The Labute approximate surface area is 121 Å². The molecule has 0 fully saturated rings. The van der Waals surface area contributed by atoms with Gasteiger partial charge in [-0.3, -0.25) is 0 Å². The van der Waals surface area contributed by atoms with Crippen molar-refractivity contribution in [2.45, 2.75) is 24.5 Å². The van der Waals surface area contributed by atoms with Crippen molar-refractivity contribution in [1.29, 1.82) is 0 Å². The van der Waals surface area contributed by atoms with Crippen LogP contribution in [0.4, 0.5) is 0 Å². The predicted molar refractivity (Wildman–Crippen MR) is 80.0 cm³/mol. The molecule has 3 nitrogen and oxygen atoms in total. The Kier molecular flexibility index (Phi) is 4.06. The summed E-state index contributed by atoms with van der Waals surface area (Å²) >= 11 is 3.59. The molecule has 3 rings (SSSR count). The zero-order valence-electron chi connectivity index (χ0n) is 10.8. The maximum atomic E-state index is 6.04. The maximum absolute atomic E-state index is 6.04. The third kappa shape index (κ3) is 2.94. The molecule has 1 aliphatic heterocycles. The van der Waals surface area contributed by atoms with Crippen LogP contribution in [0.3, 0.4) is 0 Å². The highest BCUT2D eigenvalue weighted by Gasteiger charge is 2.24. The lowest BCUT2D eigenvalue weighted by Gasteiger charge is -2.23. The van der Waals surface area contributed by atoms with E-state index >= 15 is 0 Å². The maximum Gasteiger partial charge on any atom is 0.159 e. The van der Waals surface area contributed by atoms with E-state index in [-0.39, 0.29) is 6.10 Å². The van der Waals surface area contributed by atoms with Gasteiger partial charge < -0.3 is 10.1 Å². The predicted octanol–water partition coefficient (Wildman–Crippen LogP) is 3.48. The molecule has 1 unspecified atom stereocenters. The molecule has 1 aromatic carbocycles. The summed E-state index contributed by atoms with van der Waals surface area (Å²) in [5.74, 6) is 1.91. The second-order valence-electron chi connectivity index (χ2n) is 4.31. The molecular weight excluding hydrogens is 276 g/mol. The average Bonchev–Trinajstić information content (AvgIpc) is 2.93. The number of thioether (sulfide) groups is 1. The number of rotatable bonds is 4. The molecule has 19 heavy (non-hydrogen) atoms. The van der Waals surface area contributed by atoms with Crippen LogP contribution in [0.2, 0.25) is 0 Å². The first kappa shape index (κ1) is 13.0. The van der Waals surface area contributed by atoms with Crippen LogP contribution in [0.25, 0.3) is 0 Å². The largest absolute Gasteiger partial charge is 0.481 e. The summed E-state index contributed by atoms with van der Waals surface area (Å²) in [4.78, 5) is 7.00. The van der Waals surface area contributed by atoms with Gasteiger partial charge in [0.15, 0.2) is 6.10 Å². The fraction of sp³-hybridized carbons (Fsp3) is 0.357. The molecule has 100 valence electrons. The van der Waals surface area contributed by atoms with E-state index in [2.05, 4.69) is 23.3 Å². The number of fused-ring (bicyclic) bond motifs is 1. The summed E-state index contributed by atoms with van der Waals surface area (Å²) in [5, 5.41) is 4.40. The number of thiazole rings is 1. The first-order valence-electron chi connectivity index (χ1n) is 6.40. The Hall–Kier alpha value is -1.04. The van der Waals surface area contributed by atoms with E-state index in [4.69, 9.17) is 4.74 Å². The van der Waals surface area contributed by atoms with Gasteiger partial charge in [0, 0.05) is 28.3 Å². The Bertz CT molecular complexity index is 556. The Morgan fingerprint density at radius 1 is 1.42 bits per heavy atom. The summed E-state index contributed by atoms with van der Waals surface area (Å²) in [6, 6.07) is 8.20. The van der Waals surface area contributed by atoms with Gasteiger partial charge in [0.2, 0.25) is 0 Å². The van der Waals surface area contributed by atoms with Gasteiger partial charge in [-0.05, 0) is 18.7 Å². The van der Waals surface area contributed by atoms with Gasteiger partial charge in [-0.1, -0.05) is 19.1 Å². The van der Waals surface area contributed by atoms with Crippen molar-refractivity contribution in [3.8, 4) is 5.75 Å².